The van der Waals surface area contributed by atoms with Crippen LogP contribution in [0.25, 0.3) is 11.6 Å². The zero-order valence-corrected chi connectivity index (χ0v) is 27.4. The van der Waals surface area contributed by atoms with Crippen LogP contribution in [0.15, 0.2) is 65.8 Å². The number of aliphatic hydroxyl groups excluding tert-OH is 2. The Balaban J connectivity index is 1.86. The fourth-order valence-electron chi connectivity index (χ4n) is 4.11. The van der Waals surface area contributed by atoms with Gasteiger partial charge in [0.15, 0.2) is 29.2 Å². The van der Waals surface area contributed by atoms with E-state index in [1.165, 1.54) is 43.8 Å². The molecule has 0 aliphatic rings. The zero-order chi connectivity index (χ0) is 35.9. The molecule has 0 spiro atoms. The number of nitrogens with one attached hydrogen (secondary N) is 1. The summed E-state index contributed by atoms with van der Waals surface area (Å²) in [4.78, 5) is 39.7. The maximum Gasteiger partial charge on any atom is 0.348 e. The van der Waals surface area contributed by atoms with E-state index in [4.69, 9.17) is 24.1 Å². The average Bonchev–Trinajstić information content (AvgIpc) is 3.06. The standard InChI is InChI=1S/C31H33N5O12S/c1-31(2,3)17-6-9-19(10-7-17)49(43,44)36-25-24(28(46-15-14-37)35-27(34-25)26-32-12-5-13-33-26)48-21-16-18(8-11-20(21)45-4)47-23(30(41)42)22(38)29(39)40/h5-13,16,22-23,37-38H,14-15H2,1-4H3,(H,39,40)(H,41,42)(H,34,35,36). The van der Waals surface area contributed by atoms with Gasteiger partial charge in [0.25, 0.3) is 15.9 Å². The highest BCUT2D eigenvalue weighted by Crippen LogP contribution is 2.43. The van der Waals surface area contributed by atoms with Crippen LogP contribution in [0.2, 0.25) is 0 Å². The molecule has 4 aromatic rings. The molecule has 4 rings (SSSR count). The summed E-state index contributed by atoms with van der Waals surface area (Å²) in [7, 11) is -3.09. The van der Waals surface area contributed by atoms with Crippen molar-refractivity contribution in [2.75, 3.05) is 25.0 Å². The number of ether oxygens (including phenoxy) is 4. The molecule has 2 unspecified atom stereocenters. The second kappa shape index (κ2) is 15.1. The third kappa shape index (κ3) is 8.86. The average molecular weight is 700 g/mol. The number of rotatable bonds is 15. The molecule has 2 heterocycles. The van der Waals surface area contributed by atoms with Crippen LogP contribution < -0.4 is 23.7 Å². The van der Waals surface area contributed by atoms with Crippen molar-refractivity contribution in [3.63, 3.8) is 0 Å². The summed E-state index contributed by atoms with van der Waals surface area (Å²) >= 11 is 0. The lowest BCUT2D eigenvalue weighted by Gasteiger charge is -2.21. The lowest BCUT2D eigenvalue weighted by molar-refractivity contribution is -0.163. The molecule has 0 aliphatic heterocycles. The van der Waals surface area contributed by atoms with E-state index >= 15 is 0 Å². The Bertz CT molecular complexity index is 1900. The topological polar surface area (TPSA) is 250 Å². The maximum atomic E-state index is 13.7. The van der Waals surface area contributed by atoms with Gasteiger partial charge in [-0.2, -0.15) is 4.98 Å². The van der Waals surface area contributed by atoms with Gasteiger partial charge in [-0.15, -0.1) is 0 Å². The van der Waals surface area contributed by atoms with Crippen LogP contribution in [0, 0.1) is 0 Å². The number of aliphatic carboxylic acids is 2. The first-order valence-electron chi connectivity index (χ1n) is 14.4. The molecule has 0 amide bonds. The third-order valence-electron chi connectivity index (χ3n) is 6.59. The smallest absolute Gasteiger partial charge is 0.348 e. The van der Waals surface area contributed by atoms with Crippen LogP contribution in [0.4, 0.5) is 5.82 Å². The van der Waals surface area contributed by atoms with Crippen molar-refractivity contribution in [3.05, 3.63) is 66.5 Å². The molecule has 17 nitrogen and oxygen atoms in total. The number of sulfonamides is 1. The number of hydrogen-bond donors (Lipinski definition) is 5. The largest absolute Gasteiger partial charge is 0.493 e. The lowest BCUT2D eigenvalue weighted by atomic mass is 9.87. The number of nitrogens with zero attached hydrogens (tertiary/aromatic N) is 4. The number of aromatic nitrogens is 4. The predicted octanol–water partition coefficient (Wildman–Crippen LogP) is 2.48. The van der Waals surface area contributed by atoms with Crippen molar-refractivity contribution in [1.82, 2.24) is 19.9 Å². The van der Waals surface area contributed by atoms with E-state index < -0.39 is 52.3 Å². The van der Waals surface area contributed by atoms with E-state index in [2.05, 4.69) is 24.7 Å². The Labute approximate surface area is 280 Å². The number of carboxylic acids is 2. The van der Waals surface area contributed by atoms with E-state index in [1.807, 2.05) is 20.8 Å². The molecule has 0 bridgehead atoms. The molecule has 0 fully saturated rings. The van der Waals surface area contributed by atoms with Crippen LogP contribution in [-0.4, -0.2) is 93.2 Å². The molecule has 2 aromatic carbocycles. The van der Waals surface area contributed by atoms with Gasteiger partial charge in [-0.25, -0.2) is 33.0 Å². The molecular formula is C31H33N5O12S. The van der Waals surface area contributed by atoms with Crippen LogP contribution >= 0.6 is 0 Å². The quantitative estimate of drug-likeness (QED) is 0.119. The van der Waals surface area contributed by atoms with Gasteiger partial charge in [-0.3, -0.25) is 4.72 Å². The summed E-state index contributed by atoms with van der Waals surface area (Å²) in [6, 6.07) is 11.3. The normalized spacial score (nSPS) is 12.8. The highest BCUT2D eigenvalue weighted by atomic mass is 32.2. The van der Waals surface area contributed by atoms with Gasteiger partial charge in [0.1, 0.15) is 12.4 Å². The minimum atomic E-state index is -4.36. The molecule has 5 N–H and O–H groups in total. The Morgan fingerprint density at radius 3 is 2.18 bits per heavy atom. The maximum absolute atomic E-state index is 13.7. The van der Waals surface area contributed by atoms with Crippen molar-refractivity contribution >= 4 is 27.8 Å². The molecule has 260 valence electrons. The number of benzene rings is 2. The Morgan fingerprint density at radius 1 is 0.939 bits per heavy atom. The monoisotopic (exact) mass is 699 g/mol. The summed E-state index contributed by atoms with van der Waals surface area (Å²) in [5.74, 6) is -5.57. The Kier molecular flexibility index (Phi) is 11.2. The van der Waals surface area contributed by atoms with E-state index in [-0.39, 0.29) is 51.7 Å². The minimum Gasteiger partial charge on any atom is -0.493 e. The fraction of sp³-hybridized carbons (Fsp3) is 0.290. The predicted molar refractivity (Wildman–Crippen MR) is 170 cm³/mol. The summed E-state index contributed by atoms with van der Waals surface area (Å²) < 4.78 is 52.1. The van der Waals surface area contributed by atoms with E-state index in [0.717, 1.165) is 11.6 Å². The van der Waals surface area contributed by atoms with Crippen LogP contribution in [-0.2, 0) is 25.0 Å². The molecule has 0 radical (unpaired) electrons. The number of anilines is 1. The summed E-state index contributed by atoms with van der Waals surface area (Å²) in [6.45, 7) is 5.13. The molecule has 49 heavy (non-hydrogen) atoms. The molecule has 2 aromatic heterocycles. The van der Waals surface area contributed by atoms with Crippen molar-refractivity contribution in [2.45, 2.75) is 43.3 Å². The van der Waals surface area contributed by atoms with Gasteiger partial charge in [0.2, 0.25) is 17.7 Å². The van der Waals surface area contributed by atoms with Crippen LogP contribution in [0.5, 0.6) is 28.9 Å². The van der Waals surface area contributed by atoms with Gasteiger partial charge < -0.3 is 39.4 Å². The third-order valence-corrected chi connectivity index (χ3v) is 7.94. The molecule has 2 atom stereocenters. The van der Waals surface area contributed by atoms with E-state index in [1.54, 1.807) is 18.2 Å². The SMILES string of the molecule is COc1ccc(OC(C(=O)O)C(O)C(=O)O)cc1Oc1c(NS(=O)(=O)c2ccc(C(C)(C)C)cc2)nc(-c2ncccn2)nc1OCCO. The minimum absolute atomic E-state index is 0.00756. The van der Waals surface area contributed by atoms with Crippen molar-refractivity contribution in [3.8, 4) is 40.5 Å². The van der Waals surface area contributed by atoms with E-state index in [9.17, 15) is 33.3 Å². The number of aliphatic hydroxyl groups is 2. The molecule has 0 saturated carbocycles. The number of carboxylic acid groups (broad SMARTS) is 2. The van der Waals surface area contributed by atoms with Crippen molar-refractivity contribution < 1.29 is 57.4 Å². The Hall–Kier alpha value is -5.59. The lowest BCUT2D eigenvalue weighted by Crippen LogP contribution is -2.43. The summed E-state index contributed by atoms with van der Waals surface area (Å²) in [5.41, 5.74) is 0.636. The fourth-order valence-corrected chi connectivity index (χ4v) is 5.12. The van der Waals surface area contributed by atoms with Crippen molar-refractivity contribution in [1.29, 1.82) is 0 Å². The molecule has 18 heteroatoms. The summed E-state index contributed by atoms with van der Waals surface area (Å²) in [5, 5.41) is 38.0. The van der Waals surface area contributed by atoms with Gasteiger partial charge >= 0.3 is 11.9 Å². The number of carbonyl (C=O) groups is 2. The van der Waals surface area contributed by atoms with Gasteiger partial charge in [-0.1, -0.05) is 32.9 Å². The van der Waals surface area contributed by atoms with Crippen molar-refractivity contribution in [2.24, 2.45) is 0 Å². The molecule has 0 saturated heterocycles. The Morgan fingerprint density at radius 2 is 1.61 bits per heavy atom. The van der Waals surface area contributed by atoms with Crippen LogP contribution in [0.1, 0.15) is 26.3 Å². The second-order valence-electron chi connectivity index (χ2n) is 11.1. The second-order valence-corrected chi connectivity index (χ2v) is 12.8. The van der Waals surface area contributed by atoms with Crippen LogP contribution in [0.3, 0.4) is 0 Å². The molecule has 0 aliphatic carbocycles. The summed E-state index contributed by atoms with van der Waals surface area (Å²) in [6.07, 6.45) is -1.83. The molecular weight excluding hydrogens is 666 g/mol. The first kappa shape index (κ1) is 36.2. The van der Waals surface area contributed by atoms with E-state index in [0.29, 0.717) is 0 Å². The highest BCUT2D eigenvalue weighted by Gasteiger charge is 2.35. The first-order chi connectivity index (χ1) is 23.1. The van der Waals surface area contributed by atoms with Gasteiger partial charge in [-0.05, 0) is 41.3 Å². The van der Waals surface area contributed by atoms with Gasteiger partial charge in [0, 0.05) is 18.5 Å². The highest BCUT2D eigenvalue weighted by molar-refractivity contribution is 7.92. The zero-order valence-electron chi connectivity index (χ0n) is 26.6. The van der Waals surface area contributed by atoms with Gasteiger partial charge in [0.05, 0.1) is 18.6 Å². The number of hydrogen-bond acceptors (Lipinski definition) is 14. The first-order valence-corrected chi connectivity index (χ1v) is 15.9. The number of methoxy groups -OCH3 is 1.